The lowest BCUT2D eigenvalue weighted by molar-refractivity contribution is -0.129. The lowest BCUT2D eigenvalue weighted by atomic mass is 10.1. The summed E-state index contributed by atoms with van der Waals surface area (Å²) >= 11 is 0. The minimum atomic E-state index is 0.258. The lowest BCUT2D eigenvalue weighted by Gasteiger charge is -2.25. The first-order chi connectivity index (χ1) is 11.2. The van der Waals surface area contributed by atoms with Crippen molar-refractivity contribution in [3.05, 3.63) is 48.3 Å². The van der Waals surface area contributed by atoms with Gasteiger partial charge in [-0.1, -0.05) is 6.07 Å². The molecule has 0 unspecified atom stereocenters. The zero-order chi connectivity index (χ0) is 15.8. The van der Waals surface area contributed by atoms with Crippen LogP contribution in [0.1, 0.15) is 24.2 Å². The van der Waals surface area contributed by atoms with Gasteiger partial charge >= 0.3 is 0 Å². The van der Waals surface area contributed by atoms with Crippen LogP contribution in [0.3, 0.4) is 0 Å². The fourth-order valence-corrected chi connectivity index (χ4v) is 3.83. The fourth-order valence-electron chi connectivity index (χ4n) is 3.83. The van der Waals surface area contributed by atoms with E-state index in [4.69, 9.17) is 0 Å². The van der Waals surface area contributed by atoms with Crippen LogP contribution < -0.4 is 0 Å². The van der Waals surface area contributed by atoms with Crippen molar-refractivity contribution in [2.24, 2.45) is 7.05 Å². The van der Waals surface area contributed by atoms with Crippen molar-refractivity contribution in [1.82, 2.24) is 24.3 Å². The first kappa shape index (κ1) is 14.4. The molecule has 0 radical (unpaired) electrons. The molecule has 2 aromatic heterocycles. The van der Waals surface area contributed by atoms with Gasteiger partial charge in [-0.2, -0.15) is 0 Å². The number of imidazole rings is 1. The average Bonchev–Trinajstić information content (AvgIpc) is 3.21. The zero-order valence-electron chi connectivity index (χ0n) is 13.3. The summed E-state index contributed by atoms with van der Waals surface area (Å²) in [7, 11) is 2.02. The highest BCUT2D eigenvalue weighted by atomic mass is 16.2. The third-order valence-corrected chi connectivity index (χ3v) is 5.07. The summed E-state index contributed by atoms with van der Waals surface area (Å²) in [5.74, 6) is 1.32. The van der Waals surface area contributed by atoms with Gasteiger partial charge in [0.15, 0.2) is 0 Å². The summed E-state index contributed by atoms with van der Waals surface area (Å²) < 4.78 is 2.05. The van der Waals surface area contributed by atoms with E-state index in [2.05, 4.69) is 19.4 Å². The number of hydrogen-bond donors (Lipinski definition) is 0. The quantitative estimate of drug-likeness (QED) is 0.851. The maximum atomic E-state index is 12.5. The van der Waals surface area contributed by atoms with Gasteiger partial charge in [0.25, 0.3) is 0 Å². The number of rotatable bonds is 4. The number of amides is 1. The lowest BCUT2D eigenvalue weighted by Crippen LogP contribution is -2.37. The van der Waals surface area contributed by atoms with Gasteiger partial charge in [0.05, 0.1) is 6.54 Å². The summed E-state index contributed by atoms with van der Waals surface area (Å²) in [6.45, 7) is 2.52. The number of aromatic nitrogens is 3. The molecule has 2 aliphatic heterocycles. The van der Waals surface area contributed by atoms with Crippen molar-refractivity contribution in [3.63, 3.8) is 0 Å². The van der Waals surface area contributed by atoms with E-state index in [0.29, 0.717) is 25.0 Å². The maximum Gasteiger partial charge on any atom is 0.224 e. The largest absolute Gasteiger partial charge is 0.337 e. The minimum Gasteiger partial charge on any atom is -0.337 e. The first-order valence-electron chi connectivity index (χ1n) is 8.11. The molecule has 2 saturated heterocycles. The Morgan fingerprint density at radius 2 is 2.17 bits per heavy atom. The number of nitrogens with zero attached hydrogens (tertiary/aromatic N) is 5. The van der Waals surface area contributed by atoms with E-state index in [-0.39, 0.29) is 5.91 Å². The topological polar surface area (TPSA) is 54.3 Å². The van der Waals surface area contributed by atoms with Gasteiger partial charge in [0, 0.05) is 63.4 Å². The summed E-state index contributed by atoms with van der Waals surface area (Å²) in [5, 5.41) is 0. The van der Waals surface area contributed by atoms with Gasteiger partial charge in [0.2, 0.25) is 5.91 Å². The summed E-state index contributed by atoms with van der Waals surface area (Å²) in [6, 6.07) is 4.60. The Hall–Kier alpha value is -2.21. The van der Waals surface area contributed by atoms with E-state index >= 15 is 0 Å². The Balaban J connectivity index is 1.48. The van der Waals surface area contributed by atoms with Gasteiger partial charge in [-0.3, -0.25) is 14.7 Å². The summed E-state index contributed by atoms with van der Waals surface area (Å²) in [4.78, 5) is 25.5. The number of carbonyl (C=O) groups is 1. The van der Waals surface area contributed by atoms with Gasteiger partial charge in [-0.05, 0) is 18.1 Å². The molecule has 23 heavy (non-hydrogen) atoms. The second-order valence-corrected chi connectivity index (χ2v) is 6.44. The number of hydrogen-bond acceptors (Lipinski definition) is 4. The number of aryl methyl sites for hydroxylation is 1. The molecule has 0 saturated carbocycles. The molecule has 2 atom stereocenters. The molecular formula is C17H21N5O. The number of carbonyl (C=O) groups excluding carboxylic acids is 1. The van der Waals surface area contributed by atoms with Crippen molar-refractivity contribution in [3.8, 4) is 0 Å². The Morgan fingerprint density at radius 3 is 2.91 bits per heavy atom. The van der Waals surface area contributed by atoms with E-state index in [1.807, 2.05) is 42.7 Å². The molecule has 0 spiro atoms. The number of pyridine rings is 1. The molecule has 2 fully saturated rings. The predicted molar refractivity (Wildman–Crippen MR) is 85.2 cm³/mol. The van der Waals surface area contributed by atoms with Crippen LogP contribution in [-0.2, 0) is 24.9 Å². The Kier molecular flexibility index (Phi) is 3.61. The van der Waals surface area contributed by atoms with Crippen molar-refractivity contribution in [2.45, 2.75) is 38.0 Å². The van der Waals surface area contributed by atoms with Crippen LogP contribution in [0, 0.1) is 0 Å². The molecule has 4 rings (SSSR count). The Bertz CT molecular complexity index is 698. The van der Waals surface area contributed by atoms with Gasteiger partial charge in [-0.15, -0.1) is 0 Å². The molecule has 0 aromatic carbocycles. The molecule has 120 valence electrons. The first-order valence-corrected chi connectivity index (χ1v) is 8.11. The second kappa shape index (κ2) is 5.77. The van der Waals surface area contributed by atoms with E-state index in [1.165, 1.54) is 0 Å². The van der Waals surface area contributed by atoms with Gasteiger partial charge in [0.1, 0.15) is 5.82 Å². The van der Waals surface area contributed by atoms with Crippen LogP contribution in [0.25, 0.3) is 0 Å². The molecule has 0 bridgehead atoms. The van der Waals surface area contributed by atoms with Crippen molar-refractivity contribution in [2.75, 3.05) is 6.54 Å². The van der Waals surface area contributed by atoms with E-state index in [1.54, 1.807) is 6.20 Å². The normalized spacial score (nSPS) is 24.4. The molecule has 0 aliphatic carbocycles. The molecular weight excluding hydrogens is 290 g/mol. The van der Waals surface area contributed by atoms with Crippen molar-refractivity contribution < 1.29 is 4.79 Å². The van der Waals surface area contributed by atoms with Crippen LogP contribution >= 0.6 is 0 Å². The standard InChI is InChI=1S/C17H21N5O/c1-20-8-6-19-16(20)12-21-7-4-14-15(21)9-17(23)22(14)11-13-3-2-5-18-10-13/h2-3,5-6,8,10,14-15H,4,7,9,11-12H2,1H3/t14-,15+/m1/s1. The Labute approximate surface area is 135 Å². The van der Waals surface area contributed by atoms with E-state index < -0.39 is 0 Å². The predicted octanol–water partition coefficient (Wildman–Crippen LogP) is 1.19. The Morgan fingerprint density at radius 1 is 1.26 bits per heavy atom. The highest BCUT2D eigenvalue weighted by Crippen LogP contribution is 2.34. The molecule has 6 heteroatoms. The van der Waals surface area contributed by atoms with Crippen LogP contribution in [0.5, 0.6) is 0 Å². The van der Waals surface area contributed by atoms with Crippen LogP contribution in [0.2, 0.25) is 0 Å². The SMILES string of the molecule is Cn1ccnc1CN1CC[C@@H]2[C@@H]1CC(=O)N2Cc1cccnc1. The second-order valence-electron chi connectivity index (χ2n) is 6.44. The molecule has 2 aromatic rings. The van der Waals surface area contributed by atoms with Gasteiger partial charge in [-0.25, -0.2) is 4.98 Å². The van der Waals surface area contributed by atoms with Crippen molar-refractivity contribution in [1.29, 1.82) is 0 Å². The molecule has 2 aliphatic rings. The molecule has 4 heterocycles. The molecule has 1 amide bonds. The summed E-state index contributed by atoms with van der Waals surface area (Å²) in [6.07, 6.45) is 9.08. The average molecular weight is 311 g/mol. The number of likely N-dealkylation sites (tertiary alicyclic amines) is 2. The monoisotopic (exact) mass is 311 g/mol. The zero-order valence-corrected chi connectivity index (χ0v) is 13.3. The fraction of sp³-hybridized carbons (Fsp3) is 0.471. The van der Waals surface area contributed by atoms with Gasteiger partial charge < -0.3 is 9.47 Å². The van der Waals surface area contributed by atoms with E-state index in [0.717, 1.165) is 30.9 Å². The van der Waals surface area contributed by atoms with Crippen LogP contribution in [0.15, 0.2) is 36.9 Å². The minimum absolute atomic E-state index is 0.258. The number of fused-ring (bicyclic) bond motifs is 1. The highest BCUT2D eigenvalue weighted by molar-refractivity contribution is 5.80. The third kappa shape index (κ3) is 2.63. The van der Waals surface area contributed by atoms with Crippen molar-refractivity contribution >= 4 is 5.91 Å². The smallest absolute Gasteiger partial charge is 0.224 e. The summed E-state index contributed by atoms with van der Waals surface area (Å²) in [5.41, 5.74) is 1.10. The van der Waals surface area contributed by atoms with E-state index in [9.17, 15) is 4.79 Å². The maximum absolute atomic E-state index is 12.5. The molecule has 6 nitrogen and oxygen atoms in total. The highest BCUT2D eigenvalue weighted by Gasteiger charge is 2.46. The third-order valence-electron chi connectivity index (χ3n) is 5.07. The molecule has 0 N–H and O–H groups in total. The van der Waals surface area contributed by atoms with Crippen LogP contribution in [-0.4, -0.2) is 48.9 Å². The van der Waals surface area contributed by atoms with Crippen LogP contribution in [0.4, 0.5) is 0 Å².